The number of hydrogen-bond donors (Lipinski definition) is 2. The molecule has 0 bridgehead atoms. The van der Waals surface area contributed by atoms with Gasteiger partial charge in [0.25, 0.3) is 0 Å². The van der Waals surface area contributed by atoms with Crippen LogP contribution in [-0.2, 0) is 19.1 Å². The van der Waals surface area contributed by atoms with Crippen LogP contribution in [0.4, 0.5) is 4.79 Å². The molecule has 0 aromatic heterocycles. The molecule has 1 atom stereocenters. The molecule has 0 radical (unpaired) electrons. The molecule has 0 saturated carbocycles. The molecular weight excluding hydrogens is 400 g/mol. The van der Waals surface area contributed by atoms with Crippen molar-refractivity contribution < 1.29 is 29.0 Å². The first-order chi connectivity index (χ1) is 15.0. The van der Waals surface area contributed by atoms with Crippen molar-refractivity contribution in [3.05, 3.63) is 59.7 Å². The van der Waals surface area contributed by atoms with E-state index < -0.39 is 30.4 Å². The summed E-state index contributed by atoms with van der Waals surface area (Å²) in [7, 11) is 0. The van der Waals surface area contributed by atoms with Crippen molar-refractivity contribution in [2.45, 2.75) is 18.4 Å². The molecule has 162 valence electrons. The number of ether oxygens (including phenoxy) is 2. The third-order valence-corrected chi connectivity index (χ3v) is 5.64. The quantitative estimate of drug-likeness (QED) is 0.737. The lowest BCUT2D eigenvalue weighted by molar-refractivity contribution is -0.144. The summed E-state index contributed by atoms with van der Waals surface area (Å²) in [6.07, 6.45) is -1.32. The van der Waals surface area contributed by atoms with Crippen LogP contribution in [0, 0.1) is 0 Å². The molecule has 1 fully saturated rings. The first kappa shape index (κ1) is 20.9. The Kier molecular flexibility index (Phi) is 6.18. The fourth-order valence-electron chi connectivity index (χ4n) is 4.16. The lowest BCUT2D eigenvalue weighted by Crippen LogP contribution is -2.52. The van der Waals surface area contributed by atoms with Gasteiger partial charge in [0, 0.05) is 19.0 Å². The number of carboxylic acids is 1. The maximum atomic E-state index is 12.7. The maximum Gasteiger partial charge on any atom is 0.407 e. The van der Waals surface area contributed by atoms with E-state index in [4.69, 9.17) is 9.47 Å². The number of nitrogens with one attached hydrogen (secondary N) is 1. The molecular formula is C23H24N2O6. The highest BCUT2D eigenvalue weighted by Gasteiger charge is 2.32. The Bertz CT molecular complexity index is 940. The van der Waals surface area contributed by atoms with Crippen molar-refractivity contribution in [1.82, 2.24) is 10.2 Å². The second kappa shape index (κ2) is 9.18. The Balaban J connectivity index is 1.43. The lowest BCUT2D eigenvalue weighted by atomic mass is 9.98. The van der Waals surface area contributed by atoms with Crippen molar-refractivity contribution in [1.29, 1.82) is 0 Å². The minimum Gasteiger partial charge on any atom is -0.481 e. The summed E-state index contributed by atoms with van der Waals surface area (Å²) in [4.78, 5) is 37.9. The van der Waals surface area contributed by atoms with Gasteiger partial charge >= 0.3 is 12.1 Å². The van der Waals surface area contributed by atoms with Crippen LogP contribution >= 0.6 is 0 Å². The molecule has 2 aliphatic rings. The molecule has 8 heteroatoms. The first-order valence-corrected chi connectivity index (χ1v) is 10.2. The molecule has 1 unspecified atom stereocenters. The van der Waals surface area contributed by atoms with Gasteiger partial charge in [-0.05, 0) is 22.3 Å². The third kappa shape index (κ3) is 4.54. The molecule has 2 aromatic carbocycles. The maximum absolute atomic E-state index is 12.7. The lowest BCUT2D eigenvalue weighted by Gasteiger charge is -2.30. The monoisotopic (exact) mass is 424 g/mol. The molecule has 0 spiro atoms. The summed E-state index contributed by atoms with van der Waals surface area (Å²) >= 11 is 0. The molecule has 2 N–H and O–H groups in total. The van der Waals surface area contributed by atoms with E-state index in [-0.39, 0.29) is 12.5 Å². The Hall–Kier alpha value is -3.39. The largest absolute Gasteiger partial charge is 0.481 e. The average Bonchev–Trinajstić information content (AvgIpc) is 3.11. The van der Waals surface area contributed by atoms with Gasteiger partial charge in [-0.1, -0.05) is 48.5 Å². The Morgan fingerprint density at radius 3 is 2.19 bits per heavy atom. The minimum atomic E-state index is -1.19. The van der Waals surface area contributed by atoms with Gasteiger partial charge in [-0.3, -0.25) is 9.59 Å². The van der Waals surface area contributed by atoms with Gasteiger partial charge in [0.15, 0.2) is 0 Å². The van der Waals surface area contributed by atoms with Crippen LogP contribution in [0.5, 0.6) is 0 Å². The second-order valence-corrected chi connectivity index (χ2v) is 7.56. The molecule has 4 rings (SSSR count). The zero-order valence-electron chi connectivity index (χ0n) is 17.0. The summed E-state index contributed by atoms with van der Waals surface area (Å²) < 4.78 is 10.7. The van der Waals surface area contributed by atoms with E-state index in [9.17, 15) is 19.5 Å². The molecule has 1 saturated heterocycles. The summed E-state index contributed by atoms with van der Waals surface area (Å²) in [6, 6.07) is 14.7. The van der Waals surface area contributed by atoms with Crippen LogP contribution in [0.1, 0.15) is 23.5 Å². The van der Waals surface area contributed by atoms with Crippen molar-refractivity contribution in [2.24, 2.45) is 0 Å². The van der Waals surface area contributed by atoms with Gasteiger partial charge in [-0.25, -0.2) is 4.79 Å². The van der Waals surface area contributed by atoms with E-state index in [2.05, 4.69) is 5.32 Å². The van der Waals surface area contributed by atoms with E-state index in [0.29, 0.717) is 26.3 Å². The molecule has 8 nitrogen and oxygen atoms in total. The zero-order valence-corrected chi connectivity index (χ0v) is 17.0. The molecule has 1 aliphatic heterocycles. The standard InChI is InChI=1S/C23H24N2O6/c26-21(27)13-20(22(28)25-9-11-30-12-10-25)24-23(29)31-14-19-17-7-3-1-5-15(17)16-6-2-4-8-18(16)19/h1-8,19-20H,9-14H2,(H,24,29)(H,26,27). The number of aliphatic carboxylic acids is 1. The van der Waals surface area contributed by atoms with Crippen LogP contribution in [-0.4, -0.2) is 66.9 Å². The van der Waals surface area contributed by atoms with E-state index >= 15 is 0 Å². The number of carboxylic acid groups (broad SMARTS) is 1. The summed E-state index contributed by atoms with van der Waals surface area (Å²) in [5.74, 6) is -1.74. The highest BCUT2D eigenvalue weighted by Crippen LogP contribution is 2.44. The number of amides is 2. The van der Waals surface area contributed by atoms with Crippen LogP contribution in [0.25, 0.3) is 11.1 Å². The van der Waals surface area contributed by atoms with E-state index in [1.807, 2.05) is 48.5 Å². The Morgan fingerprint density at radius 2 is 1.61 bits per heavy atom. The Labute approximate surface area is 179 Å². The van der Waals surface area contributed by atoms with Crippen LogP contribution in [0.3, 0.4) is 0 Å². The number of alkyl carbamates (subject to hydrolysis) is 1. The summed E-state index contributed by atoms with van der Waals surface area (Å²) in [5.41, 5.74) is 4.36. The number of carbonyl (C=O) groups is 3. The van der Waals surface area contributed by atoms with E-state index in [1.54, 1.807) is 0 Å². The van der Waals surface area contributed by atoms with Crippen molar-refractivity contribution in [3.63, 3.8) is 0 Å². The fraction of sp³-hybridized carbons (Fsp3) is 0.348. The van der Waals surface area contributed by atoms with Crippen LogP contribution < -0.4 is 5.32 Å². The number of nitrogens with zero attached hydrogens (tertiary/aromatic N) is 1. The van der Waals surface area contributed by atoms with Gasteiger partial charge in [-0.2, -0.15) is 0 Å². The number of carbonyl (C=O) groups excluding carboxylic acids is 2. The van der Waals surface area contributed by atoms with Gasteiger partial charge < -0.3 is 24.8 Å². The predicted octanol–water partition coefficient (Wildman–Crippen LogP) is 2.23. The number of benzene rings is 2. The molecule has 31 heavy (non-hydrogen) atoms. The number of morpholine rings is 1. The van der Waals surface area contributed by atoms with Crippen molar-refractivity contribution >= 4 is 18.0 Å². The number of hydrogen-bond acceptors (Lipinski definition) is 5. The van der Waals surface area contributed by atoms with E-state index in [0.717, 1.165) is 22.3 Å². The normalized spacial score (nSPS) is 16.2. The van der Waals surface area contributed by atoms with Crippen LogP contribution in [0.15, 0.2) is 48.5 Å². The molecule has 2 amide bonds. The summed E-state index contributed by atoms with van der Waals surface area (Å²) in [5, 5.41) is 11.6. The molecule has 2 aromatic rings. The minimum absolute atomic E-state index is 0.0887. The number of fused-ring (bicyclic) bond motifs is 3. The van der Waals surface area contributed by atoms with Gasteiger partial charge in [0.2, 0.25) is 5.91 Å². The van der Waals surface area contributed by atoms with Crippen molar-refractivity contribution in [3.8, 4) is 11.1 Å². The van der Waals surface area contributed by atoms with Crippen molar-refractivity contribution in [2.75, 3.05) is 32.9 Å². The average molecular weight is 424 g/mol. The van der Waals surface area contributed by atoms with Gasteiger partial charge in [0.1, 0.15) is 12.6 Å². The topological polar surface area (TPSA) is 105 Å². The fourth-order valence-corrected chi connectivity index (χ4v) is 4.16. The second-order valence-electron chi connectivity index (χ2n) is 7.56. The SMILES string of the molecule is O=C(O)CC(NC(=O)OCC1c2ccccc2-c2ccccc21)C(=O)N1CCOCC1. The summed E-state index contributed by atoms with van der Waals surface area (Å²) in [6.45, 7) is 1.58. The third-order valence-electron chi connectivity index (χ3n) is 5.64. The first-order valence-electron chi connectivity index (χ1n) is 10.2. The van der Waals surface area contributed by atoms with Crippen LogP contribution in [0.2, 0.25) is 0 Å². The zero-order chi connectivity index (χ0) is 21.8. The van der Waals surface area contributed by atoms with Gasteiger partial charge in [0.05, 0.1) is 19.6 Å². The smallest absolute Gasteiger partial charge is 0.407 e. The molecule has 1 heterocycles. The van der Waals surface area contributed by atoms with Gasteiger partial charge in [-0.15, -0.1) is 0 Å². The predicted molar refractivity (Wildman–Crippen MR) is 112 cm³/mol. The highest BCUT2D eigenvalue weighted by molar-refractivity contribution is 5.89. The number of rotatable bonds is 6. The molecule has 1 aliphatic carbocycles. The van der Waals surface area contributed by atoms with E-state index in [1.165, 1.54) is 4.90 Å². The Morgan fingerprint density at radius 1 is 1.03 bits per heavy atom. The highest BCUT2D eigenvalue weighted by atomic mass is 16.5.